The Bertz CT molecular complexity index is 924. The van der Waals surface area contributed by atoms with Gasteiger partial charge in [0.2, 0.25) is 0 Å². The second kappa shape index (κ2) is 7.28. The maximum atomic E-state index is 12.9. The lowest BCUT2D eigenvalue weighted by Gasteiger charge is -2.37. The maximum Gasteiger partial charge on any atom is 0.258 e. The smallest absolute Gasteiger partial charge is 0.258 e. The third kappa shape index (κ3) is 3.32. The van der Waals surface area contributed by atoms with Crippen molar-refractivity contribution < 1.29 is 19.1 Å². The average molecular weight is 392 g/mol. The molecule has 5 rings (SSSR count). The van der Waals surface area contributed by atoms with Gasteiger partial charge in [-0.25, -0.2) is 0 Å². The molecule has 2 amide bonds. The molecule has 3 aliphatic heterocycles. The topological polar surface area (TPSA) is 59.1 Å². The van der Waals surface area contributed by atoms with Crippen LogP contribution in [0.1, 0.15) is 39.1 Å². The van der Waals surface area contributed by atoms with E-state index in [1.807, 2.05) is 28.0 Å². The van der Waals surface area contributed by atoms with Gasteiger partial charge < -0.3 is 19.3 Å². The standard InChI is InChI=1S/C23H24N2O4/c26-21(24-13-10-23(11-14-24)28-15-16-29-23)18-5-7-19(8-6-18)22(27)25-12-9-17-3-1-2-4-20(17)25/h1-8H,9-16H2. The van der Waals surface area contributed by atoms with E-state index >= 15 is 0 Å². The first-order chi connectivity index (χ1) is 14.2. The second-order valence-electron chi connectivity index (χ2n) is 7.81. The van der Waals surface area contributed by atoms with E-state index in [2.05, 4.69) is 6.07 Å². The second-order valence-corrected chi connectivity index (χ2v) is 7.81. The third-order valence-electron chi connectivity index (χ3n) is 6.14. The number of piperidine rings is 1. The Hall–Kier alpha value is -2.70. The van der Waals surface area contributed by atoms with Crippen LogP contribution in [0, 0.1) is 0 Å². The van der Waals surface area contributed by atoms with Crippen LogP contribution in [0.15, 0.2) is 48.5 Å². The highest BCUT2D eigenvalue weighted by atomic mass is 16.7. The van der Waals surface area contributed by atoms with Gasteiger partial charge in [-0.3, -0.25) is 9.59 Å². The van der Waals surface area contributed by atoms with Crippen molar-refractivity contribution in [2.45, 2.75) is 25.0 Å². The first kappa shape index (κ1) is 18.3. The predicted octanol–water partition coefficient (Wildman–Crippen LogP) is 2.87. The highest BCUT2D eigenvalue weighted by Crippen LogP contribution is 2.32. The number of amides is 2. The zero-order valence-electron chi connectivity index (χ0n) is 16.3. The van der Waals surface area contributed by atoms with E-state index in [1.54, 1.807) is 24.3 Å². The number of para-hydroxylation sites is 1. The molecule has 2 aromatic rings. The van der Waals surface area contributed by atoms with E-state index in [0.29, 0.717) is 56.8 Å². The molecule has 3 aliphatic rings. The number of hydrogen-bond donors (Lipinski definition) is 0. The molecule has 2 saturated heterocycles. The zero-order valence-corrected chi connectivity index (χ0v) is 16.3. The van der Waals surface area contributed by atoms with Gasteiger partial charge in [-0.1, -0.05) is 18.2 Å². The summed E-state index contributed by atoms with van der Waals surface area (Å²) in [6.45, 7) is 3.18. The number of carbonyl (C=O) groups excluding carboxylic acids is 2. The zero-order chi connectivity index (χ0) is 19.8. The number of hydrogen-bond acceptors (Lipinski definition) is 4. The molecule has 0 radical (unpaired) electrons. The van der Waals surface area contributed by atoms with Gasteiger partial charge in [0.15, 0.2) is 5.79 Å². The Morgan fingerprint density at radius 2 is 1.41 bits per heavy atom. The summed E-state index contributed by atoms with van der Waals surface area (Å²) in [4.78, 5) is 29.4. The van der Waals surface area contributed by atoms with Crippen LogP contribution in [0.5, 0.6) is 0 Å². The largest absolute Gasteiger partial charge is 0.347 e. The van der Waals surface area contributed by atoms with Gasteiger partial charge in [0.1, 0.15) is 0 Å². The normalized spacial score (nSPS) is 20.1. The molecular weight excluding hydrogens is 368 g/mol. The first-order valence-corrected chi connectivity index (χ1v) is 10.2. The lowest BCUT2D eigenvalue weighted by atomic mass is 10.0. The molecule has 0 aromatic heterocycles. The minimum Gasteiger partial charge on any atom is -0.347 e. The molecule has 0 bridgehead atoms. The third-order valence-corrected chi connectivity index (χ3v) is 6.14. The quantitative estimate of drug-likeness (QED) is 0.789. The molecule has 0 aliphatic carbocycles. The number of nitrogens with zero attached hydrogens (tertiary/aromatic N) is 2. The summed E-state index contributed by atoms with van der Waals surface area (Å²) in [7, 11) is 0. The van der Waals surface area contributed by atoms with Crippen LogP contribution >= 0.6 is 0 Å². The SMILES string of the molecule is O=C(c1ccc(C(=O)N2CCc3ccccc32)cc1)N1CCC2(CC1)OCCO2. The molecule has 0 atom stereocenters. The molecule has 2 aromatic carbocycles. The summed E-state index contributed by atoms with van der Waals surface area (Å²) >= 11 is 0. The number of carbonyl (C=O) groups is 2. The van der Waals surface area contributed by atoms with Gasteiger partial charge in [0.25, 0.3) is 11.8 Å². The van der Waals surface area contributed by atoms with Crippen LogP contribution in [-0.2, 0) is 15.9 Å². The highest BCUT2D eigenvalue weighted by molar-refractivity contribution is 6.07. The average Bonchev–Trinajstić information content (AvgIpc) is 3.41. The molecule has 1 spiro atoms. The van der Waals surface area contributed by atoms with Gasteiger partial charge in [-0.15, -0.1) is 0 Å². The highest BCUT2D eigenvalue weighted by Gasteiger charge is 2.40. The monoisotopic (exact) mass is 392 g/mol. The number of ether oxygens (including phenoxy) is 2. The Kier molecular flexibility index (Phi) is 4.60. The summed E-state index contributed by atoms with van der Waals surface area (Å²) in [5.74, 6) is -0.522. The molecule has 6 heteroatoms. The van der Waals surface area contributed by atoms with Crippen molar-refractivity contribution in [3.63, 3.8) is 0 Å². The minimum absolute atomic E-state index is 0.0108. The lowest BCUT2D eigenvalue weighted by Crippen LogP contribution is -2.47. The van der Waals surface area contributed by atoms with Crippen molar-refractivity contribution in [2.24, 2.45) is 0 Å². The molecule has 0 unspecified atom stereocenters. The summed E-state index contributed by atoms with van der Waals surface area (Å²) in [5.41, 5.74) is 3.39. The number of benzene rings is 2. The van der Waals surface area contributed by atoms with Crippen LogP contribution in [0.25, 0.3) is 0 Å². The Labute approximate surface area is 170 Å². The fourth-order valence-corrected chi connectivity index (χ4v) is 4.48. The van der Waals surface area contributed by atoms with Gasteiger partial charge in [-0.05, 0) is 42.3 Å². The molecule has 150 valence electrons. The van der Waals surface area contributed by atoms with E-state index in [0.717, 1.165) is 12.1 Å². The van der Waals surface area contributed by atoms with Crippen LogP contribution in [0.2, 0.25) is 0 Å². The molecule has 0 saturated carbocycles. The van der Waals surface area contributed by atoms with Gasteiger partial charge in [0.05, 0.1) is 13.2 Å². The molecule has 6 nitrogen and oxygen atoms in total. The summed E-state index contributed by atoms with van der Waals surface area (Å²) in [5, 5.41) is 0. The number of anilines is 1. The van der Waals surface area contributed by atoms with Crippen molar-refractivity contribution >= 4 is 17.5 Å². The summed E-state index contributed by atoms with van der Waals surface area (Å²) < 4.78 is 11.5. The van der Waals surface area contributed by atoms with Crippen molar-refractivity contribution in [1.82, 2.24) is 4.90 Å². The maximum absolute atomic E-state index is 12.9. The van der Waals surface area contributed by atoms with E-state index < -0.39 is 5.79 Å². The van der Waals surface area contributed by atoms with Crippen LogP contribution in [0.3, 0.4) is 0 Å². The van der Waals surface area contributed by atoms with E-state index in [4.69, 9.17) is 9.47 Å². The molecular formula is C23H24N2O4. The van der Waals surface area contributed by atoms with E-state index in [1.165, 1.54) is 5.56 Å². The van der Waals surface area contributed by atoms with E-state index in [9.17, 15) is 9.59 Å². The van der Waals surface area contributed by atoms with Crippen LogP contribution in [-0.4, -0.2) is 55.3 Å². The van der Waals surface area contributed by atoms with Gasteiger partial charge in [-0.2, -0.15) is 0 Å². The molecule has 2 fully saturated rings. The fourth-order valence-electron chi connectivity index (χ4n) is 4.48. The summed E-state index contributed by atoms with van der Waals surface area (Å²) in [6, 6.07) is 15.0. The molecule has 29 heavy (non-hydrogen) atoms. The lowest BCUT2D eigenvalue weighted by molar-refractivity contribution is -0.181. The van der Waals surface area contributed by atoms with Crippen molar-refractivity contribution in [3.8, 4) is 0 Å². The van der Waals surface area contributed by atoms with Crippen LogP contribution < -0.4 is 4.90 Å². The molecule has 0 N–H and O–H groups in total. The van der Waals surface area contributed by atoms with Crippen LogP contribution in [0.4, 0.5) is 5.69 Å². The Balaban J connectivity index is 1.26. The number of likely N-dealkylation sites (tertiary alicyclic amines) is 1. The van der Waals surface area contributed by atoms with Crippen molar-refractivity contribution in [2.75, 3.05) is 37.7 Å². The summed E-state index contributed by atoms with van der Waals surface area (Å²) in [6.07, 6.45) is 2.27. The van der Waals surface area contributed by atoms with Gasteiger partial charge >= 0.3 is 0 Å². The predicted molar refractivity (Wildman–Crippen MR) is 108 cm³/mol. The van der Waals surface area contributed by atoms with E-state index in [-0.39, 0.29) is 11.8 Å². The van der Waals surface area contributed by atoms with Crippen molar-refractivity contribution in [1.29, 1.82) is 0 Å². The Morgan fingerprint density at radius 3 is 2.10 bits per heavy atom. The first-order valence-electron chi connectivity index (χ1n) is 10.2. The number of fused-ring (bicyclic) bond motifs is 1. The Morgan fingerprint density at radius 1 is 0.793 bits per heavy atom. The fraction of sp³-hybridized carbons (Fsp3) is 0.391. The van der Waals surface area contributed by atoms with Gasteiger partial charge in [0, 0.05) is 49.3 Å². The number of rotatable bonds is 2. The van der Waals surface area contributed by atoms with Crippen molar-refractivity contribution in [3.05, 3.63) is 65.2 Å². The molecule has 3 heterocycles. The minimum atomic E-state index is -0.487.